The van der Waals surface area contributed by atoms with Gasteiger partial charge in [0.1, 0.15) is 5.82 Å². The highest BCUT2D eigenvalue weighted by atomic mass is 16.5. The van der Waals surface area contributed by atoms with Crippen molar-refractivity contribution in [3.05, 3.63) is 65.5 Å². The van der Waals surface area contributed by atoms with E-state index in [1.165, 1.54) is 5.56 Å². The minimum atomic E-state index is 0.432. The highest BCUT2D eigenvalue weighted by molar-refractivity contribution is 5.69. The summed E-state index contributed by atoms with van der Waals surface area (Å²) in [5.74, 6) is 1.06. The van der Waals surface area contributed by atoms with E-state index < -0.39 is 0 Å². The molecule has 24 heavy (non-hydrogen) atoms. The number of nitrogen functional groups attached to an aromatic ring is 1. The molecule has 0 aliphatic heterocycles. The van der Waals surface area contributed by atoms with Crippen LogP contribution in [0.15, 0.2) is 53.2 Å². The Balaban J connectivity index is 1.67. The number of hydrogen-bond donors (Lipinski definition) is 1. The maximum Gasteiger partial charge on any atom is 0.170 e. The van der Waals surface area contributed by atoms with E-state index in [0.29, 0.717) is 24.4 Å². The zero-order chi connectivity index (χ0) is 16.8. The molecule has 0 amide bonds. The van der Waals surface area contributed by atoms with Crippen LogP contribution in [0.25, 0.3) is 11.3 Å². The number of anilines is 1. The summed E-state index contributed by atoms with van der Waals surface area (Å²) in [5.41, 5.74) is 9.88. The van der Waals surface area contributed by atoms with E-state index in [0.717, 1.165) is 29.7 Å². The summed E-state index contributed by atoms with van der Waals surface area (Å²) < 4.78 is 5.39. The van der Waals surface area contributed by atoms with Gasteiger partial charge in [-0.1, -0.05) is 29.4 Å². The number of hydrogen-bond acceptors (Lipinski definition) is 5. The van der Waals surface area contributed by atoms with Gasteiger partial charge in [0.25, 0.3) is 0 Å². The second kappa shape index (κ2) is 7.42. The van der Waals surface area contributed by atoms with Crippen molar-refractivity contribution in [2.75, 3.05) is 5.73 Å². The van der Waals surface area contributed by atoms with Gasteiger partial charge in [0.15, 0.2) is 5.76 Å². The number of nitrogens with two attached hydrogens (primary N) is 1. The normalized spacial score (nSPS) is 10.5. The van der Waals surface area contributed by atoms with Crippen molar-refractivity contribution in [2.24, 2.45) is 0 Å². The zero-order valence-corrected chi connectivity index (χ0v) is 13.3. The van der Waals surface area contributed by atoms with E-state index in [4.69, 9.17) is 15.5 Å². The first-order chi connectivity index (χ1) is 11.8. The summed E-state index contributed by atoms with van der Waals surface area (Å²) in [6.45, 7) is 0. The maximum atomic E-state index is 8.58. The Morgan fingerprint density at radius 3 is 2.67 bits per heavy atom. The predicted molar refractivity (Wildman–Crippen MR) is 91.9 cm³/mol. The first-order valence-electron chi connectivity index (χ1n) is 7.87. The first kappa shape index (κ1) is 15.8. The van der Waals surface area contributed by atoms with Crippen molar-refractivity contribution in [3.63, 3.8) is 0 Å². The van der Waals surface area contributed by atoms with Crippen LogP contribution < -0.4 is 5.73 Å². The molecule has 3 rings (SSSR count). The summed E-state index contributed by atoms with van der Waals surface area (Å²) in [7, 11) is 0. The summed E-state index contributed by atoms with van der Waals surface area (Å²) in [6, 6.07) is 16.1. The van der Waals surface area contributed by atoms with Crippen molar-refractivity contribution in [1.29, 1.82) is 5.26 Å². The molecule has 5 nitrogen and oxygen atoms in total. The molecule has 5 heteroatoms. The van der Waals surface area contributed by atoms with Crippen LogP contribution in [-0.2, 0) is 12.8 Å². The fourth-order valence-electron chi connectivity index (χ4n) is 2.55. The fraction of sp³-hybridized carbons (Fsp3) is 0.211. The van der Waals surface area contributed by atoms with Gasteiger partial charge in [0.05, 0.1) is 17.3 Å². The summed E-state index contributed by atoms with van der Waals surface area (Å²) in [4.78, 5) is 4.06. The van der Waals surface area contributed by atoms with Crippen LogP contribution in [0.3, 0.4) is 0 Å². The fourth-order valence-corrected chi connectivity index (χ4v) is 2.55. The minimum absolute atomic E-state index is 0.432. The van der Waals surface area contributed by atoms with Crippen LogP contribution >= 0.6 is 0 Å². The SMILES string of the molecule is N#CCCCc1ccc(Cc2cc(-c3cccnc3N)on2)cc1. The van der Waals surface area contributed by atoms with Crippen LogP contribution in [0.4, 0.5) is 5.82 Å². The number of benzene rings is 1. The molecule has 0 saturated carbocycles. The lowest BCUT2D eigenvalue weighted by Crippen LogP contribution is -1.92. The lowest BCUT2D eigenvalue weighted by molar-refractivity contribution is 0.425. The van der Waals surface area contributed by atoms with Crippen LogP contribution in [0, 0.1) is 11.3 Å². The van der Waals surface area contributed by atoms with Crippen molar-refractivity contribution in [2.45, 2.75) is 25.7 Å². The topological polar surface area (TPSA) is 88.7 Å². The Labute approximate surface area is 140 Å². The Hall–Kier alpha value is -3.13. The summed E-state index contributed by atoms with van der Waals surface area (Å²) in [5, 5.41) is 12.7. The highest BCUT2D eigenvalue weighted by Crippen LogP contribution is 2.25. The van der Waals surface area contributed by atoms with Gasteiger partial charge in [-0.3, -0.25) is 0 Å². The molecule has 2 N–H and O–H groups in total. The summed E-state index contributed by atoms with van der Waals surface area (Å²) >= 11 is 0. The number of aryl methyl sites for hydroxylation is 1. The molecular formula is C19H18N4O. The third kappa shape index (κ3) is 3.79. The standard InChI is InChI=1S/C19H18N4O/c20-10-2-1-4-14-6-8-15(9-7-14)12-16-13-18(24-23-16)17-5-3-11-22-19(17)21/h3,5-9,11,13H,1-2,4,12H2,(H2,21,22). The lowest BCUT2D eigenvalue weighted by Gasteiger charge is -2.01. The Bertz CT molecular complexity index is 846. The van der Waals surface area contributed by atoms with Gasteiger partial charge in [-0.25, -0.2) is 4.98 Å². The Kier molecular flexibility index (Phi) is 4.87. The summed E-state index contributed by atoms with van der Waals surface area (Å²) in [6.07, 6.45) is 4.77. The van der Waals surface area contributed by atoms with Gasteiger partial charge in [-0.05, 0) is 36.1 Å². The second-order valence-electron chi connectivity index (χ2n) is 5.62. The van der Waals surface area contributed by atoms with Gasteiger partial charge in [0, 0.05) is 25.1 Å². The van der Waals surface area contributed by atoms with Gasteiger partial charge in [-0.2, -0.15) is 5.26 Å². The molecule has 0 spiro atoms. The van der Waals surface area contributed by atoms with E-state index >= 15 is 0 Å². The average molecular weight is 318 g/mol. The molecular weight excluding hydrogens is 300 g/mol. The third-order valence-electron chi connectivity index (χ3n) is 3.83. The number of pyridine rings is 1. The predicted octanol–water partition coefficient (Wildman–Crippen LogP) is 3.76. The van der Waals surface area contributed by atoms with Gasteiger partial charge in [0.2, 0.25) is 0 Å². The van der Waals surface area contributed by atoms with Gasteiger partial charge < -0.3 is 10.3 Å². The van der Waals surface area contributed by atoms with Crippen LogP contribution in [0.2, 0.25) is 0 Å². The smallest absolute Gasteiger partial charge is 0.170 e. The largest absolute Gasteiger partial charge is 0.383 e. The molecule has 0 fully saturated rings. The van der Waals surface area contributed by atoms with Crippen LogP contribution in [-0.4, -0.2) is 10.1 Å². The molecule has 0 bridgehead atoms. The second-order valence-corrected chi connectivity index (χ2v) is 5.62. The van der Waals surface area contributed by atoms with Gasteiger partial charge in [-0.15, -0.1) is 0 Å². The van der Waals surface area contributed by atoms with Crippen molar-refractivity contribution in [1.82, 2.24) is 10.1 Å². The third-order valence-corrected chi connectivity index (χ3v) is 3.83. The molecule has 3 aromatic rings. The monoisotopic (exact) mass is 318 g/mol. The molecule has 120 valence electrons. The molecule has 0 radical (unpaired) electrons. The Morgan fingerprint density at radius 2 is 1.92 bits per heavy atom. The molecule has 2 aromatic heterocycles. The van der Waals surface area contributed by atoms with Crippen molar-refractivity contribution >= 4 is 5.82 Å². The zero-order valence-electron chi connectivity index (χ0n) is 13.3. The molecule has 2 heterocycles. The highest BCUT2D eigenvalue weighted by Gasteiger charge is 2.10. The van der Waals surface area contributed by atoms with Crippen molar-refractivity contribution < 1.29 is 4.52 Å². The molecule has 0 unspecified atom stereocenters. The number of aromatic nitrogens is 2. The van der Waals surface area contributed by atoms with E-state index in [2.05, 4.69) is 40.5 Å². The number of nitriles is 1. The lowest BCUT2D eigenvalue weighted by atomic mass is 10.0. The molecule has 0 atom stereocenters. The Morgan fingerprint density at radius 1 is 1.12 bits per heavy atom. The van der Waals surface area contributed by atoms with E-state index in [9.17, 15) is 0 Å². The molecule has 0 aliphatic carbocycles. The van der Waals surface area contributed by atoms with E-state index in [1.807, 2.05) is 18.2 Å². The molecule has 0 aliphatic rings. The number of unbranched alkanes of at least 4 members (excludes halogenated alkanes) is 1. The quantitative estimate of drug-likeness (QED) is 0.699. The first-order valence-corrected chi connectivity index (χ1v) is 7.87. The van der Waals surface area contributed by atoms with Crippen LogP contribution in [0.5, 0.6) is 0 Å². The average Bonchev–Trinajstić information content (AvgIpc) is 3.05. The maximum absolute atomic E-state index is 8.58. The molecule has 1 aromatic carbocycles. The number of rotatable bonds is 6. The van der Waals surface area contributed by atoms with Gasteiger partial charge >= 0.3 is 0 Å². The van der Waals surface area contributed by atoms with E-state index in [1.54, 1.807) is 6.20 Å². The van der Waals surface area contributed by atoms with Crippen LogP contribution in [0.1, 0.15) is 29.7 Å². The minimum Gasteiger partial charge on any atom is -0.383 e. The van der Waals surface area contributed by atoms with E-state index in [-0.39, 0.29) is 0 Å². The number of nitrogens with zero attached hydrogens (tertiary/aromatic N) is 3. The van der Waals surface area contributed by atoms with Crippen molar-refractivity contribution in [3.8, 4) is 17.4 Å². The molecule has 0 saturated heterocycles.